The molecule has 3 saturated heterocycles. The second kappa shape index (κ2) is 20.1. The van der Waals surface area contributed by atoms with Crippen LogP contribution in [-0.2, 0) is 51.5 Å². The Labute approximate surface area is 309 Å². The molecule has 3 aliphatic rings. The van der Waals surface area contributed by atoms with Crippen molar-refractivity contribution in [2.45, 2.75) is 112 Å². The van der Waals surface area contributed by atoms with Crippen LogP contribution in [0.25, 0.3) is 0 Å². The van der Waals surface area contributed by atoms with Crippen molar-refractivity contribution < 1.29 is 97.0 Å². The zero-order chi connectivity index (χ0) is 40.7. The van der Waals surface area contributed by atoms with Gasteiger partial charge in [-0.25, -0.2) is 0 Å². The van der Waals surface area contributed by atoms with E-state index in [1.807, 2.05) is 0 Å². The summed E-state index contributed by atoms with van der Waals surface area (Å²) in [6.07, 6.45) is -22.4. The SMILES string of the molecule is CC(=O)N[C@@H]1[C@@H](OCCN)O[C@H](COP(=O)([O-])C[C@H]2O[C@H](COP(=O)([O-])C[C@H]3O[C@H](CO)[C@@H](O)[C@H](O)[C@@H]3NC(C)=O)[C@@H](O)[C@H](O)[C@@H]2NC(C)=O)[C@@H](O)[C@@H]1O. The normalized spacial score (nSPS) is 39.5. The highest BCUT2D eigenvalue weighted by atomic mass is 31.2. The van der Waals surface area contributed by atoms with E-state index in [0.717, 1.165) is 20.8 Å². The zero-order valence-corrected chi connectivity index (χ0v) is 31.3. The Balaban J connectivity index is 1.72. The monoisotopic (exact) mass is 824 g/mol. The van der Waals surface area contributed by atoms with Crippen LogP contribution in [0.3, 0.4) is 0 Å². The standard InChI is InChI=1S/C28H52N4O20P2/c1-11(34)30-19-17(50-14(6-33)22(37)25(19)40)9-53(43,44)48-7-15-23(38)26(41)20(31-12(2)35)18(51-15)10-54(45,46)49-8-16-24(39)27(42)21(32-13(3)36)28(52-16)47-5-4-29/h14-28,33,37-42H,4-10,29H2,1-3H3,(H,30,34)(H,31,35)(H,32,36)(H,43,44)(H,45,46)/p-2/t14-,15-,16-,17-,18-,19-,20-,21+,22-,23-,24-,25-,26-,27-,28+/m1/s1. The van der Waals surface area contributed by atoms with Gasteiger partial charge in [0.05, 0.1) is 50.7 Å². The lowest BCUT2D eigenvalue weighted by atomic mass is 9.93. The molecule has 17 atom stereocenters. The van der Waals surface area contributed by atoms with E-state index in [-0.39, 0.29) is 13.2 Å². The van der Waals surface area contributed by atoms with Crippen molar-refractivity contribution in [2.75, 3.05) is 45.3 Å². The van der Waals surface area contributed by atoms with Gasteiger partial charge in [0.2, 0.25) is 17.7 Å². The zero-order valence-electron chi connectivity index (χ0n) is 29.5. The lowest BCUT2D eigenvalue weighted by Crippen LogP contribution is -2.65. The first-order chi connectivity index (χ1) is 25.1. The van der Waals surface area contributed by atoms with Crippen molar-refractivity contribution in [1.82, 2.24) is 16.0 Å². The molecule has 0 saturated carbocycles. The summed E-state index contributed by atoms with van der Waals surface area (Å²) in [5.41, 5.74) is 5.45. The first-order valence-electron chi connectivity index (χ1n) is 16.8. The van der Waals surface area contributed by atoms with Crippen LogP contribution in [0.15, 0.2) is 0 Å². The summed E-state index contributed by atoms with van der Waals surface area (Å²) >= 11 is 0. The molecule has 0 aliphatic carbocycles. The molecule has 24 nitrogen and oxygen atoms in total. The highest BCUT2D eigenvalue weighted by molar-refractivity contribution is 7.51. The molecule has 3 heterocycles. The maximum Gasteiger partial charge on any atom is 0.217 e. The van der Waals surface area contributed by atoms with Crippen LogP contribution < -0.4 is 31.5 Å². The minimum Gasteiger partial charge on any atom is -0.778 e. The second-order valence-electron chi connectivity index (χ2n) is 13.1. The van der Waals surface area contributed by atoms with E-state index >= 15 is 0 Å². The molecule has 54 heavy (non-hydrogen) atoms. The molecule has 12 N–H and O–H groups in total. The van der Waals surface area contributed by atoms with Crippen molar-refractivity contribution in [1.29, 1.82) is 0 Å². The van der Waals surface area contributed by atoms with Gasteiger partial charge in [-0.2, -0.15) is 0 Å². The van der Waals surface area contributed by atoms with Crippen molar-refractivity contribution in [3.63, 3.8) is 0 Å². The lowest BCUT2D eigenvalue weighted by molar-refractivity contribution is -0.272. The fourth-order valence-electron chi connectivity index (χ4n) is 6.22. The van der Waals surface area contributed by atoms with Crippen molar-refractivity contribution in [3.8, 4) is 0 Å². The third-order valence-electron chi connectivity index (χ3n) is 8.77. The Morgan fingerprint density at radius 2 is 1.00 bits per heavy atom. The van der Waals surface area contributed by atoms with Gasteiger partial charge in [0.1, 0.15) is 76.2 Å². The first-order valence-corrected chi connectivity index (χ1v) is 20.2. The number of amides is 3. The molecular formula is C28H50N4O20P2-2. The summed E-state index contributed by atoms with van der Waals surface area (Å²) in [7, 11) is -10.2. The predicted octanol–water partition coefficient (Wildman–Crippen LogP) is -7.97. The Morgan fingerprint density at radius 1 is 0.630 bits per heavy atom. The predicted molar refractivity (Wildman–Crippen MR) is 174 cm³/mol. The molecule has 0 aromatic carbocycles. The Kier molecular flexibility index (Phi) is 17.3. The van der Waals surface area contributed by atoms with Crippen LogP contribution in [0, 0.1) is 0 Å². The van der Waals surface area contributed by atoms with Crippen LogP contribution >= 0.6 is 15.2 Å². The number of carbonyl (C=O) groups excluding carboxylic acids is 3. The highest BCUT2D eigenvalue weighted by Gasteiger charge is 2.49. The molecule has 0 aromatic rings. The average Bonchev–Trinajstić information content (AvgIpc) is 3.07. The fraction of sp³-hybridized carbons (Fsp3) is 0.893. The maximum absolute atomic E-state index is 13.2. The van der Waals surface area contributed by atoms with Gasteiger partial charge in [-0.05, 0) is 0 Å². The number of rotatable bonds is 17. The number of aliphatic hydroxyl groups excluding tert-OH is 7. The molecule has 3 fully saturated rings. The van der Waals surface area contributed by atoms with Crippen LogP contribution in [0.4, 0.5) is 0 Å². The molecule has 314 valence electrons. The summed E-state index contributed by atoms with van der Waals surface area (Å²) in [5, 5.41) is 80.0. The van der Waals surface area contributed by atoms with Gasteiger partial charge >= 0.3 is 0 Å². The third kappa shape index (κ3) is 12.6. The van der Waals surface area contributed by atoms with E-state index in [1.165, 1.54) is 0 Å². The largest absolute Gasteiger partial charge is 0.778 e. The average molecular weight is 825 g/mol. The molecular weight excluding hydrogens is 774 g/mol. The number of hydrogen-bond acceptors (Lipinski definition) is 21. The Bertz CT molecular complexity index is 1370. The molecule has 3 aliphatic heterocycles. The first kappa shape index (κ1) is 46.6. The number of nitrogens with two attached hydrogens (primary N) is 1. The van der Waals surface area contributed by atoms with Crippen LogP contribution in [0.2, 0.25) is 0 Å². The summed E-state index contributed by atoms with van der Waals surface area (Å²) < 4.78 is 58.3. The fourth-order valence-corrected chi connectivity index (χ4v) is 8.68. The number of aliphatic hydroxyl groups is 7. The van der Waals surface area contributed by atoms with Gasteiger partial charge in [-0.3, -0.25) is 14.4 Å². The van der Waals surface area contributed by atoms with Gasteiger partial charge in [0.25, 0.3) is 0 Å². The summed E-state index contributed by atoms with van der Waals surface area (Å²) in [4.78, 5) is 61.5. The molecule has 0 spiro atoms. The Morgan fingerprint density at radius 3 is 1.41 bits per heavy atom. The molecule has 0 bridgehead atoms. The van der Waals surface area contributed by atoms with Gasteiger partial charge in [-0.1, -0.05) is 0 Å². The summed E-state index contributed by atoms with van der Waals surface area (Å²) in [6.45, 7) is 0.356. The van der Waals surface area contributed by atoms with Gasteiger partial charge in [0.15, 0.2) is 6.29 Å². The minimum absolute atomic E-state index is 0.00618. The summed E-state index contributed by atoms with van der Waals surface area (Å²) in [6, 6.07) is -4.33. The Hall–Kier alpha value is -1.77. The molecule has 2 unspecified atom stereocenters. The van der Waals surface area contributed by atoms with E-state index in [4.69, 9.17) is 33.7 Å². The minimum atomic E-state index is -5.12. The van der Waals surface area contributed by atoms with Crippen molar-refractivity contribution in [3.05, 3.63) is 0 Å². The van der Waals surface area contributed by atoms with E-state index in [0.29, 0.717) is 0 Å². The number of ether oxygens (including phenoxy) is 4. The van der Waals surface area contributed by atoms with E-state index in [1.54, 1.807) is 0 Å². The van der Waals surface area contributed by atoms with Gasteiger partial charge < -0.3 is 104 Å². The lowest BCUT2D eigenvalue weighted by Gasteiger charge is -2.46. The second-order valence-corrected chi connectivity index (χ2v) is 16.8. The van der Waals surface area contributed by atoms with E-state index in [2.05, 4.69) is 16.0 Å². The van der Waals surface area contributed by atoms with Crippen molar-refractivity contribution >= 4 is 32.9 Å². The van der Waals surface area contributed by atoms with Gasteiger partial charge in [-0.15, -0.1) is 0 Å². The number of hydrogen-bond donors (Lipinski definition) is 11. The van der Waals surface area contributed by atoms with Crippen molar-refractivity contribution in [2.24, 2.45) is 5.73 Å². The van der Waals surface area contributed by atoms with E-state index in [9.17, 15) is 69.0 Å². The van der Waals surface area contributed by atoms with Gasteiger partial charge in [0, 0.05) is 39.6 Å². The van der Waals surface area contributed by atoms with E-state index < -0.39 is 157 Å². The third-order valence-corrected chi connectivity index (χ3v) is 11.5. The maximum atomic E-state index is 13.2. The summed E-state index contributed by atoms with van der Waals surface area (Å²) in [5.74, 6) is -2.09. The highest BCUT2D eigenvalue weighted by Crippen LogP contribution is 2.44. The smallest absolute Gasteiger partial charge is 0.217 e. The molecule has 3 rings (SSSR count). The number of nitrogens with one attached hydrogen (secondary N) is 3. The van der Waals surface area contributed by atoms with Crippen LogP contribution in [0.1, 0.15) is 20.8 Å². The molecule has 26 heteroatoms. The topological polar surface area (TPSA) is 391 Å². The number of carbonyl (C=O) groups is 3. The molecule has 0 aromatic heterocycles. The molecule has 3 amide bonds. The van der Waals surface area contributed by atoms with Crippen LogP contribution in [0.5, 0.6) is 0 Å². The molecule has 0 radical (unpaired) electrons. The van der Waals surface area contributed by atoms with Crippen LogP contribution in [-0.4, -0.2) is 190 Å². The quantitative estimate of drug-likeness (QED) is 0.0607.